The van der Waals surface area contributed by atoms with Crippen LogP contribution in [0.4, 0.5) is 5.95 Å². The summed E-state index contributed by atoms with van der Waals surface area (Å²) in [7, 11) is 0. The van der Waals surface area contributed by atoms with Gasteiger partial charge in [-0.2, -0.15) is 0 Å². The summed E-state index contributed by atoms with van der Waals surface area (Å²) in [6.07, 6.45) is 0. The molecule has 0 amide bonds. The Morgan fingerprint density at radius 1 is 1.12 bits per heavy atom. The number of nitrogens with zero attached hydrogens (tertiary/aromatic N) is 3. The quantitative estimate of drug-likeness (QED) is 0.744. The third-order valence-corrected chi connectivity index (χ3v) is 2.56. The second kappa shape index (κ2) is 3.84. The van der Waals surface area contributed by atoms with Crippen LogP contribution in [0.3, 0.4) is 0 Å². The van der Waals surface area contributed by atoms with Gasteiger partial charge in [0, 0.05) is 5.56 Å². The zero-order valence-electron chi connectivity index (χ0n) is 9.38. The van der Waals surface area contributed by atoms with Crippen LogP contribution in [0, 0.1) is 0 Å². The van der Waals surface area contributed by atoms with Gasteiger partial charge in [-0.1, -0.05) is 38.1 Å². The van der Waals surface area contributed by atoms with E-state index in [1.165, 1.54) is 10.2 Å². The van der Waals surface area contributed by atoms with E-state index in [-0.39, 0.29) is 5.95 Å². The van der Waals surface area contributed by atoms with E-state index in [0.29, 0.717) is 11.7 Å². The number of aromatic nitrogens is 3. The van der Waals surface area contributed by atoms with Gasteiger partial charge in [0.15, 0.2) is 5.82 Å². The van der Waals surface area contributed by atoms with Crippen molar-refractivity contribution in [3.63, 3.8) is 0 Å². The minimum absolute atomic E-state index is 0.211. The fraction of sp³-hybridized carbons (Fsp3) is 0.273. The van der Waals surface area contributed by atoms with Crippen molar-refractivity contribution >= 4 is 5.95 Å². The highest BCUT2D eigenvalue weighted by atomic mass is 15.4. The molecule has 0 aliphatic carbocycles. The zero-order valence-corrected chi connectivity index (χ0v) is 9.38. The molecule has 0 atom stereocenters. The first kappa shape index (κ1) is 10.5. The highest BCUT2D eigenvalue weighted by molar-refractivity contribution is 5.57. The second-order valence-electron chi connectivity index (χ2n) is 4.03. The minimum atomic E-state index is 0.211. The third-order valence-electron chi connectivity index (χ3n) is 2.56. The average Bonchev–Trinajstić information content (AvgIpc) is 2.60. The largest absolute Gasteiger partial charge is 0.366 e. The topological polar surface area (TPSA) is 82.8 Å². The van der Waals surface area contributed by atoms with Crippen LogP contribution in [0.5, 0.6) is 0 Å². The van der Waals surface area contributed by atoms with Crippen molar-refractivity contribution in [2.24, 2.45) is 0 Å². The Labute approximate surface area is 94.1 Å². The van der Waals surface area contributed by atoms with E-state index in [0.717, 1.165) is 5.56 Å². The molecule has 0 saturated carbocycles. The van der Waals surface area contributed by atoms with E-state index in [4.69, 9.17) is 11.6 Å². The van der Waals surface area contributed by atoms with Gasteiger partial charge in [0.25, 0.3) is 0 Å². The molecule has 5 heteroatoms. The van der Waals surface area contributed by atoms with Gasteiger partial charge in [0.1, 0.15) is 0 Å². The van der Waals surface area contributed by atoms with Gasteiger partial charge >= 0.3 is 0 Å². The van der Waals surface area contributed by atoms with Crippen molar-refractivity contribution in [2.45, 2.75) is 19.8 Å². The number of nitrogen functional groups attached to an aromatic ring is 2. The van der Waals surface area contributed by atoms with Crippen LogP contribution in [-0.4, -0.2) is 14.9 Å². The van der Waals surface area contributed by atoms with E-state index in [2.05, 4.69) is 36.2 Å². The van der Waals surface area contributed by atoms with Gasteiger partial charge in [-0.3, -0.25) is 0 Å². The van der Waals surface area contributed by atoms with Crippen LogP contribution in [0.2, 0.25) is 0 Å². The molecule has 0 unspecified atom stereocenters. The van der Waals surface area contributed by atoms with Gasteiger partial charge in [-0.25, -0.2) is 4.68 Å². The SMILES string of the molecule is CC(C)c1ccc(-c2nnc(N)n2N)cc1. The predicted molar refractivity (Wildman–Crippen MR) is 64.1 cm³/mol. The van der Waals surface area contributed by atoms with Crippen LogP contribution < -0.4 is 11.6 Å². The van der Waals surface area contributed by atoms with Crippen LogP contribution in [-0.2, 0) is 0 Å². The summed E-state index contributed by atoms with van der Waals surface area (Å²) in [5, 5.41) is 7.64. The van der Waals surface area contributed by atoms with Crippen molar-refractivity contribution in [2.75, 3.05) is 11.6 Å². The molecule has 0 spiro atoms. The number of hydrogen-bond donors (Lipinski definition) is 2. The molecule has 1 aromatic heterocycles. The maximum Gasteiger partial charge on any atom is 0.241 e. The lowest BCUT2D eigenvalue weighted by atomic mass is 10.0. The molecule has 2 rings (SSSR count). The maximum atomic E-state index is 5.70. The number of benzene rings is 1. The van der Waals surface area contributed by atoms with E-state index in [1.807, 2.05) is 12.1 Å². The number of anilines is 1. The molecule has 5 nitrogen and oxygen atoms in total. The molecule has 1 heterocycles. The Balaban J connectivity index is 2.38. The summed E-state index contributed by atoms with van der Waals surface area (Å²) >= 11 is 0. The summed E-state index contributed by atoms with van der Waals surface area (Å²) in [5.74, 6) is 7.00. The predicted octanol–water partition coefficient (Wildman–Crippen LogP) is 1.36. The molecular formula is C11H15N5. The standard InChI is InChI=1S/C11H15N5/c1-7(2)8-3-5-9(6-4-8)10-14-15-11(12)16(10)13/h3-7H,13H2,1-2H3,(H2,12,15). The molecular weight excluding hydrogens is 202 g/mol. The number of hydrogen-bond acceptors (Lipinski definition) is 4. The normalized spacial score (nSPS) is 10.9. The summed E-state index contributed by atoms with van der Waals surface area (Å²) in [4.78, 5) is 0. The lowest BCUT2D eigenvalue weighted by Gasteiger charge is -2.06. The van der Waals surface area contributed by atoms with Crippen molar-refractivity contribution in [1.29, 1.82) is 0 Å². The molecule has 0 fully saturated rings. The summed E-state index contributed by atoms with van der Waals surface area (Å²) in [5.41, 5.74) is 7.71. The molecule has 4 N–H and O–H groups in total. The molecule has 0 aliphatic heterocycles. The van der Waals surface area contributed by atoms with Crippen LogP contribution in [0.25, 0.3) is 11.4 Å². The second-order valence-corrected chi connectivity index (χ2v) is 4.03. The summed E-state index contributed by atoms with van der Waals surface area (Å²) in [6.45, 7) is 4.30. The Bertz CT molecular complexity index is 484. The molecule has 16 heavy (non-hydrogen) atoms. The van der Waals surface area contributed by atoms with Crippen molar-refractivity contribution in [3.05, 3.63) is 29.8 Å². The summed E-state index contributed by atoms with van der Waals surface area (Å²) in [6, 6.07) is 8.07. The summed E-state index contributed by atoms with van der Waals surface area (Å²) < 4.78 is 1.28. The molecule has 0 radical (unpaired) electrons. The van der Waals surface area contributed by atoms with Gasteiger partial charge < -0.3 is 11.6 Å². The number of rotatable bonds is 2. The first-order valence-corrected chi connectivity index (χ1v) is 5.16. The van der Waals surface area contributed by atoms with Crippen LogP contribution in [0.1, 0.15) is 25.3 Å². The van der Waals surface area contributed by atoms with Crippen LogP contribution in [0.15, 0.2) is 24.3 Å². The Morgan fingerprint density at radius 3 is 2.19 bits per heavy atom. The highest BCUT2D eigenvalue weighted by Gasteiger charge is 2.09. The molecule has 0 bridgehead atoms. The minimum Gasteiger partial charge on any atom is -0.366 e. The fourth-order valence-corrected chi connectivity index (χ4v) is 1.52. The average molecular weight is 217 g/mol. The van der Waals surface area contributed by atoms with Gasteiger partial charge in [0.05, 0.1) is 0 Å². The monoisotopic (exact) mass is 217 g/mol. The van der Waals surface area contributed by atoms with Gasteiger partial charge in [-0.15, -0.1) is 10.2 Å². The zero-order chi connectivity index (χ0) is 11.7. The van der Waals surface area contributed by atoms with Crippen molar-refractivity contribution < 1.29 is 0 Å². The molecule has 0 aliphatic rings. The van der Waals surface area contributed by atoms with Gasteiger partial charge in [-0.05, 0) is 11.5 Å². The van der Waals surface area contributed by atoms with E-state index in [1.54, 1.807) is 0 Å². The number of nitrogens with two attached hydrogens (primary N) is 2. The highest BCUT2D eigenvalue weighted by Crippen LogP contribution is 2.21. The Morgan fingerprint density at radius 2 is 1.75 bits per heavy atom. The molecule has 1 aromatic carbocycles. The molecule has 84 valence electrons. The lowest BCUT2D eigenvalue weighted by Crippen LogP contribution is -2.13. The molecule has 0 saturated heterocycles. The maximum absolute atomic E-state index is 5.70. The van der Waals surface area contributed by atoms with E-state index < -0.39 is 0 Å². The Hall–Kier alpha value is -2.04. The Kier molecular flexibility index (Phi) is 2.52. The van der Waals surface area contributed by atoms with Crippen molar-refractivity contribution in [3.8, 4) is 11.4 Å². The van der Waals surface area contributed by atoms with Crippen molar-refractivity contribution in [1.82, 2.24) is 14.9 Å². The van der Waals surface area contributed by atoms with E-state index in [9.17, 15) is 0 Å². The van der Waals surface area contributed by atoms with Gasteiger partial charge in [0.2, 0.25) is 5.95 Å². The fourth-order valence-electron chi connectivity index (χ4n) is 1.52. The third kappa shape index (κ3) is 1.71. The smallest absolute Gasteiger partial charge is 0.241 e. The first-order chi connectivity index (χ1) is 7.59. The lowest BCUT2D eigenvalue weighted by molar-refractivity contribution is 0.866. The first-order valence-electron chi connectivity index (χ1n) is 5.16. The van der Waals surface area contributed by atoms with E-state index >= 15 is 0 Å². The molecule has 2 aromatic rings. The van der Waals surface area contributed by atoms with Crippen LogP contribution >= 0.6 is 0 Å².